The molecule has 5 heteroatoms. The molecule has 5 rings (SSSR count). The van der Waals surface area contributed by atoms with Crippen molar-refractivity contribution in [3.63, 3.8) is 0 Å². The molecule has 5 nitrogen and oxygen atoms in total. The Morgan fingerprint density at radius 2 is 1.67 bits per heavy atom. The van der Waals surface area contributed by atoms with Crippen LogP contribution < -0.4 is 4.74 Å². The Hall–Kier alpha value is -3.44. The first-order valence-electron chi connectivity index (χ1n) is 12.9. The Balaban J connectivity index is 1.33. The molecule has 36 heavy (non-hydrogen) atoms. The predicted molar refractivity (Wildman–Crippen MR) is 146 cm³/mol. The molecular formula is C31H35N3O2. The number of fused-ring (bicyclic) bond motifs is 1. The summed E-state index contributed by atoms with van der Waals surface area (Å²) in [5.41, 5.74) is 9.26. The van der Waals surface area contributed by atoms with Crippen LogP contribution in [0.5, 0.6) is 5.75 Å². The first-order chi connectivity index (χ1) is 17.4. The number of nitrogens with one attached hydrogen (secondary N) is 1. The molecule has 0 unspecified atom stereocenters. The number of hydrogen-bond acceptors (Lipinski definition) is 4. The van der Waals surface area contributed by atoms with Crippen LogP contribution in [-0.4, -0.2) is 46.9 Å². The highest BCUT2D eigenvalue weighted by atomic mass is 16.5. The van der Waals surface area contributed by atoms with Gasteiger partial charge in [-0.2, -0.15) is 0 Å². The average molecular weight is 482 g/mol. The van der Waals surface area contributed by atoms with E-state index in [9.17, 15) is 4.79 Å². The lowest BCUT2D eigenvalue weighted by atomic mass is 9.99. The fourth-order valence-corrected chi connectivity index (χ4v) is 5.18. The molecule has 0 radical (unpaired) electrons. The molecule has 0 saturated carbocycles. The van der Waals surface area contributed by atoms with Crippen LogP contribution in [-0.2, 0) is 6.42 Å². The number of likely N-dealkylation sites (tertiary alicyclic amines) is 1. The number of hydrogen-bond donors (Lipinski definition) is 1. The van der Waals surface area contributed by atoms with E-state index in [1.54, 1.807) is 0 Å². The monoisotopic (exact) mass is 481 g/mol. The van der Waals surface area contributed by atoms with Crippen molar-refractivity contribution in [1.82, 2.24) is 14.9 Å². The molecule has 186 valence electrons. The zero-order valence-electron chi connectivity index (χ0n) is 21.8. The van der Waals surface area contributed by atoms with Gasteiger partial charge < -0.3 is 9.72 Å². The number of Topliss-reactive ketones (excluding diaryl/α,β-unsaturated/α-hetero) is 1. The molecule has 0 spiro atoms. The van der Waals surface area contributed by atoms with Crippen molar-refractivity contribution in [2.24, 2.45) is 0 Å². The summed E-state index contributed by atoms with van der Waals surface area (Å²) in [6.07, 6.45) is 2.99. The number of nitrogens with zero attached hydrogens (tertiary/aromatic N) is 2. The molecule has 1 aliphatic rings. The van der Waals surface area contributed by atoms with E-state index in [4.69, 9.17) is 9.72 Å². The fraction of sp³-hybridized carbons (Fsp3) is 0.355. The number of carbonyl (C=O) groups excluding carboxylic acids is 1. The van der Waals surface area contributed by atoms with E-state index in [0.29, 0.717) is 18.6 Å². The number of imidazole rings is 1. The van der Waals surface area contributed by atoms with E-state index in [-0.39, 0.29) is 5.78 Å². The minimum Gasteiger partial charge on any atom is -0.492 e. The zero-order chi connectivity index (χ0) is 25.2. The fourth-order valence-electron chi connectivity index (χ4n) is 5.18. The van der Waals surface area contributed by atoms with Crippen LogP contribution in [0.25, 0.3) is 22.4 Å². The van der Waals surface area contributed by atoms with Crippen LogP contribution in [0.15, 0.2) is 48.5 Å². The summed E-state index contributed by atoms with van der Waals surface area (Å²) in [5.74, 6) is 1.84. The Bertz CT molecular complexity index is 1390. The SMILES string of the molecule is Cc1ccc(CC(=O)c2ccc3nc(-c4c(C)cc(OCCN5CCCC5)cc4C)[nH]c3c2)cc1C. The lowest BCUT2D eigenvalue weighted by Crippen LogP contribution is -2.25. The minimum absolute atomic E-state index is 0.110. The zero-order valence-corrected chi connectivity index (χ0v) is 21.8. The van der Waals surface area contributed by atoms with E-state index in [2.05, 4.69) is 61.8 Å². The number of carbonyl (C=O) groups is 1. The Morgan fingerprint density at radius 1 is 0.917 bits per heavy atom. The molecule has 1 fully saturated rings. The number of aryl methyl sites for hydroxylation is 4. The van der Waals surface area contributed by atoms with Crippen molar-refractivity contribution in [2.75, 3.05) is 26.2 Å². The number of ketones is 1. The molecule has 1 saturated heterocycles. The van der Waals surface area contributed by atoms with Gasteiger partial charge in [0.2, 0.25) is 0 Å². The summed E-state index contributed by atoms with van der Waals surface area (Å²) in [4.78, 5) is 23.8. The molecule has 4 aromatic rings. The predicted octanol–water partition coefficient (Wildman–Crippen LogP) is 6.36. The second kappa shape index (κ2) is 10.3. The van der Waals surface area contributed by atoms with E-state index in [0.717, 1.165) is 51.4 Å². The maximum Gasteiger partial charge on any atom is 0.167 e. The Kier molecular flexibility index (Phi) is 6.92. The van der Waals surface area contributed by atoms with Crippen molar-refractivity contribution >= 4 is 16.8 Å². The quantitative estimate of drug-likeness (QED) is 0.297. The number of aromatic amines is 1. The van der Waals surface area contributed by atoms with Crippen LogP contribution in [0.1, 0.15) is 51.0 Å². The summed E-state index contributed by atoms with van der Waals surface area (Å²) in [7, 11) is 0. The van der Waals surface area contributed by atoms with E-state index in [1.165, 1.54) is 37.1 Å². The van der Waals surface area contributed by atoms with Gasteiger partial charge in [0.1, 0.15) is 18.2 Å². The molecule has 3 aromatic carbocycles. The van der Waals surface area contributed by atoms with Crippen molar-refractivity contribution < 1.29 is 9.53 Å². The summed E-state index contributed by atoms with van der Waals surface area (Å²) >= 11 is 0. The normalized spacial score (nSPS) is 14.0. The number of benzene rings is 3. The smallest absolute Gasteiger partial charge is 0.167 e. The van der Waals surface area contributed by atoms with Crippen LogP contribution in [0.3, 0.4) is 0 Å². The molecule has 0 atom stereocenters. The lowest BCUT2D eigenvalue weighted by molar-refractivity contribution is 0.0993. The van der Waals surface area contributed by atoms with Gasteiger partial charge in [0.25, 0.3) is 0 Å². The van der Waals surface area contributed by atoms with Crippen LogP contribution >= 0.6 is 0 Å². The van der Waals surface area contributed by atoms with E-state index < -0.39 is 0 Å². The molecule has 1 aromatic heterocycles. The first-order valence-corrected chi connectivity index (χ1v) is 12.9. The van der Waals surface area contributed by atoms with Crippen molar-refractivity contribution in [2.45, 2.75) is 47.0 Å². The number of ether oxygens (including phenoxy) is 1. The van der Waals surface area contributed by atoms with Gasteiger partial charge in [-0.25, -0.2) is 4.98 Å². The largest absolute Gasteiger partial charge is 0.492 e. The van der Waals surface area contributed by atoms with Gasteiger partial charge in [0.15, 0.2) is 5.78 Å². The number of rotatable bonds is 8. The van der Waals surface area contributed by atoms with Gasteiger partial charge in [-0.1, -0.05) is 18.2 Å². The van der Waals surface area contributed by atoms with Crippen LogP contribution in [0, 0.1) is 27.7 Å². The summed E-state index contributed by atoms with van der Waals surface area (Å²) in [6.45, 7) is 12.4. The Morgan fingerprint density at radius 3 is 2.39 bits per heavy atom. The van der Waals surface area contributed by atoms with Crippen molar-refractivity contribution in [3.05, 3.63) is 81.9 Å². The summed E-state index contributed by atoms with van der Waals surface area (Å²) in [5, 5.41) is 0. The van der Waals surface area contributed by atoms with Gasteiger partial charge in [-0.05, 0) is 112 Å². The van der Waals surface area contributed by atoms with Gasteiger partial charge in [-0.3, -0.25) is 9.69 Å². The third-order valence-corrected chi connectivity index (χ3v) is 7.36. The van der Waals surface area contributed by atoms with Gasteiger partial charge in [0, 0.05) is 24.1 Å². The van der Waals surface area contributed by atoms with Gasteiger partial charge in [0.05, 0.1) is 11.0 Å². The molecule has 1 N–H and O–H groups in total. The standard InChI is InChI=1S/C31H35N3O2/c1-20-7-8-24(15-21(20)2)18-29(35)25-9-10-27-28(19-25)33-31(32-27)30-22(3)16-26(17-23(30)4)36-14-13-34-11-5-6-12-34/h7-10,15-17,19H,5-6,11-14,18H2,1-4H3,(H,32,33). The molecule has 0 bridgehead atoms. The Labute approximate surface area is 213 Å². The third kappa shape index (κ3) is 5.21. The number of aromatic nitrogens is 2. The van der Waals surface area contributed by atoms with Crippen molar-refractivity contribution in [1.29, 1.82) is 0 Å². The van der Waals surface area contributed by atoms with Crippen LogP contribution in [0.2, 0.25) is 0 Å². The van der Waals surface area contributed by atoms with Crippen LogP contribution in [0.4, 0.5) is 0 Å². The molecule has 0 aliphatic carbocycles. The van der Waals surface area contributed by atoms with E-state index >= 15 is 0 Å². The molecular weight excluding hydrogens is 446 g/mol. The first kappa shape index (κ1) is 24.3. The summed E-state index contributed by atoms with van der Waals surface area (Å²) < 4.78 is 6.07. The highest BCUT2D eigenvalue weighted by Gasteiger charge is 2.16. The van der Waals surface area contributed by atoms with Crippen molar-refractivity contribution in [3.8, 4) is 17.1 Å². The minimum atomic E-state index is 0.110. The molecule has 1 aliphatic heterocycles. The maximum atomic E-state index is 13.0. The second-order valence-electron chi connectivity index (χ2n) is 10.2. The van der Waals surface area contributed by atoms with E-state index in [1.807, 2.05) is 24.3 Å². The third-order valence-electron chi connectivity index (χ3n) is 7.36. The van der Waals surface area contributed by atoms with Gasteiger partial charge >= 0.3 is 0 Å². The second-order valence-corrected chi connectivity index (χ2v) is 10.2. The lowest BCUT2D eigenvalue weighted by Gasteiger charge is -2.16. The molecule has 0 amide bonds. The highest BCUT2D eigenvalue weighted by molar-refractivity contribution is 6.00. The molecule has 2 heterocycles. The number of H-pyrrole nitrogens is 1. The maximum absolute atomic E-state index is 13.0. The average Bonchev–Trinajstić information content (AvgIpc) is 3.50. The highest BCUT2D eigenvalue weighted by Crippen LogP contribution is 2.31. The van der Waals surface area contributed by atoms with Gasteiger partial charge in [-0.15, -0.1) is 0 Å². The summed E-state index contributed by atoms with van der Waals surface area (Å²) in [6, 6.07) is 16.2. The topological polar surface area (TPSA) is 58.2 Å².